The highest BCUT2D eigenvalue weighted by Gasteiger charge is 2.12. The van der Waals surface area contributed by atoms with Gasteiger partial charge in [-0.1, -0.05) is 23.9 Å². The SMILES string of the molecule is COCCn1c(SCC(=O)OC)nc2ccccc21. The van der Waals surface area contributed by atoms with Crippen LogP contribution in [0.25, 0.3) is 11.0 Å². The first-order chi connectivity index (χ1) is 9.26. The molecular weight excluding hydrogens is 264 g/mol. The average molecular weight is 280 g/mol. The van der Waals surface area contributed by atoms with E-state index in [9.17, 15) is 4.79 Å². The van der Waals surface area contributed by atoms with E-state index in [4.69, 9.17) is 4.74 Å². The molecule has 0 saturated heterocycles. The molecule has 0 aliphatic heterocycles. The lowest BCUT2D eigenvalue weighted by atomic mass is 10.3. The summed E-state index contributed by atoms with van der Waals surface area (Å²) in [5.41, 5.74) is 1.97. The second-order valence-corrected chi connectivity index (χ2v) is 4.83. The molecule has 2 aromatic rings. The molecule has 0 fully saturated rings. The molecule has 1 heterocycles. The van der Waals surface area contributed by atoms with Crippen molar-refractivity contribution >= 4 is 28.8 Å². The van der Waals surface area contributed by atoms with Crippen LogP contribution in [-0.2, 0) is 20.8 Å². The summed E-state index contributed by atoms with van der Waals surface area (Å²) in [4.78, 5) is 15.8. The lowest BCUT2D eigenvalue weighted by molar-refractivity contribution is -0.137. The monoisotopic (exact) mass is 280 g/mol. The number of carbonyl (C=O) groups is 1. The lowest BCUT2D eigenvalue weighted by Gasteiger charge is -2.07. The Morgan fingerprint density at radius 3 is 2.89 bits per heavy atom. The molecule has 102 valence electrons. The highest BCUT2D eigenvalue weighted by Crippen LogP contribution is 2.24. The summed E-state index contributed by atoms with van der Waals surface area (Å²) in [6.45, 7) is 1.31. The van der Waals surface area contributed by atoms with Crippen LogP contribution in [0.15, 0.2) is 29.4 Å². The van der Waals surface area contributed by atoms with Crippen molar-refractivity contribution in [2.75, 3.05) is 26.6 Å². The molecule has 0 bridgehead atoms. The predicted octanol–water partition coefficient (Wildman–Crippen LogP) is 1.95. The van der Waals surface area contributed by atoms with E-state index in [1.54, 1.807) is 7.11 Å². The Hall–Kier alpha value is -1.53. The minimum absolute atomic E-state index is 0.254. The largest absolute Gasteiger partial charge is 0.468 e. The molecule has 5 nitrogen and oxygen atoms in total. The normalized spacial score (nSPS) is 10.8. The Morgan fingerprint density at radius 2 is 2.16 bits per heavy atom. The predicted molar refractivity (Wildman–Crippen MR) is 74.3 cm³/mol. The van der Waals surface area contributed by atoms with Crippen molar-refractivity contribution in [3.63, 3.8) is 0 Å². The van der Waals surface area contributed by atoms with Crippen LogP contribution >= 0.6 is 11.8 Å². The zero-order valence-corrected chi connectivity index (χ0v) is 11.8. The molecule has 0 aliphatic carbocycles. The van der Waals surface area contributed by atoms with Crippen molar-refractivity contribution in [2.24, 2.45) is 0 Å². The maximum Gasteiger partial charge on any atom is 0.316 e. The van der Waals surface area contributed by atoms with Gasteiger partial charge in [0.2, 0.25) is 0 Å². The number of ether oxygens (including phenoxy) is 2. The molecule has 1 aromatic heterocycles. The van der Waals surface area contributed by atoms with Crippen molar-refractivity contribution in [3.8, 4) is 0 Å². The van der Waals surface area contributed by atoms with Crippen LogP contribution in [0, 0.1) is 0 Å². The summed E-state index contributed by atoms with van der Waals surface area (Å²) < 4.78 is 11.8. The van der Waals surface area contributed by atoms with Crippen LogP contribution in [0.3, 0.4) is 0 Å². The number of para-hydroxylation sites is 2. The standard InChI is InChI=1S/C13H16N2O3S/c1-17-8-7-15-11-6-4-3-5-10(11)14-13(15)19-9-12(16)18-2/h3-6H,7-9H2,1-2H3. The minimum Gasteiger partial charge on any atom is -0.468 e. The quantitative estimate of drug-likeness (QED) is 0.598. The number of rotatable bonds is 6. The van der Waals surface area contributed by atoms with E-state index in [1.807, 2.05) is 24.3 Å². The van der Waals surface area contributed by atoms with Gasteiger partial charge in [-0.25, -0.2) is 4.98 Å². The molecule has 1 aromatic carbocycles. The molecule has 0 saturated carbocycles. The highest BCUT2D eigenvalue weighted by atomic mass is 32.2. The Morgan fingerprint density at radius 1 is 1.37 bits per heavy atom. The fraction of sp³-hybridized carbons (Fsp3) is 0.385. The second kappa shape index (κ2) is 6.58. The number of methoxy groups -OCH3 is 2. The van der Waals surface area contributed by atoms with Gasteiger partial charge in [-0.05, 0) is 12.1 Å². The van der Waals surface area contributed by atoms with E-state index in [0.717, 1.165) is 16.2 Å². The Labute approximate surface area is 115 Å². The molecule has 0 N–H and O–H groups in total. The fourth-order valence-corrected chi connectivity index (χ4v) is 2.62. The number of hydrogen-bond donors (Lipinski definition) is 0. The van der Waals surface area contributed by atoms with Crippen molar-refractivity contribution in [3.05, 3.63) is 24.3 Å². The molecule has 0 radical (unpaired) electrons. The minimum atomic E-state index is -0.254. The van der Waals surface area contributed by atoms with Crippen LogP contribution in [0.5, 0.6) is 0 Å². The number of esters is 1. The molecule has 0 unspecified atom stereocenters. The van der Waals surface area contributed by atoms with Crippen molar-refractivity contribution < 1.29 is 14.3 Å². The van der Waals surface area contributed by atoms with Crippen molar-refractivity contribution in [1.82, 2.24) is 9.55 Å². The molecule has 0 amide bonds. The number of aromatic nitrogens is 2. The molecule has 6 heteroatoms. The zero-order chi connectivity index (χ0) is 13.7. The van der Waals surface area contributed by atoms with Crippen LogP contribution < -0.4 is 0 Å². The van der Waals surface area contributed by atoms with Gasteiger partial charge < -0.3 is 14.0 Å². The smallest absolute Gasteiger partial charge is 0.316 e. The Balaban J connectivity index is 2.27. The maximum absolute atomic E-state index is 11.2. The number of carbonyl (C=O) groups excluding carboxylic acids is 1. The van der Waals surface area contributed by atoms with Crippen molar-refractivity contribution in [2.45, 2.75) is 11.7 Å². The van der Waals surface area contributed by atoms with E-state index < -0.39 is 0 Å². The molecule has 19 heavy (non-hydrogen) atoms. The summed E-state index contributed by atoms with van der Waals surface area (Å²) in [7, 11) is 3.05. The summed E-state index contributed by atoms with van der Waals surface area (Å²) >= 11 is 1.38. The van der Waals surface area contributed by atoms with E-state index in [0.29, 0.717) is 13.2 Å². The molecule has 2 rings (SSSR count). The highest BCUT2D eigenvalue weighted by molar-refractivity contribution is 7.99. The van der Waals surface area contributed by atoms with Gasteiger partial charge in [0.1, 0.15) is 0 Å². The van der Waals surface area contributed by atoms with Crippen LogP contribution in [0.2, 0.25) is 0 Å². The van der Waals surface area contributed by atoms with Gasteiger partial charge in [0.25, 0.3) is 0 Å². The van der Waals surface area contributed by atoms with Crippen LogP contribution in [0.4, 0.5) is 0 Å². The van der Waals surface area contributed by atoms with Gasteiger partial charge in [-0.3, -0.25) is 4.79 Å². The maximum atomic E-state index is 11.2. The fourth-order valence-electron chi connectivity index (χ4n) is 1.74. The third kappa shape index (κ3) is 3.27. The van der Waals surface area contributed by atoms with Gasteiger partial charge in [0.15, 0.2) is 5.16 Å². The number of thioether (sulfide) groups is 1. The number of benzene rings is 1. The summed E-state index contributed by atoms with van der Waals surface area (Å²) in [5, 5.41) is 0.809. The van der Waals surface area contributed by atoms with Crippen LogP contribution in [0.1, 0.15) is 0 Å². The van der Waals surface area contributed by atoms with Gasteiger partial charge in [-0.15, -0.1) is 0 Å². The molecular formula is C13H16N2O3S. The molecule has 0 spiro atoms. The van der Waals surface area contributed by atoms with E-state index >= 15 is 0 Å². The summed E-state index contributed by atoms with van der Waals surface area (Å²) in [6.07, 6.45) is 0. The molecule has 0 aliphatic rings. The van der Waals surface area contributed by atoms with E-state index in [2.05, 4.69) is 14.3 Å². The third-order valence-corrected chi connectivity index (χ3v) is 3.64. The van der Waals surface area contributed by atoms with Gasteiger partial charge in [0, 0.05) is 13.7 Å². The average Bonchev–Trinajstić information content (AvgIpc) is 2.80. The van der Waals surface area contributed by atoms with Crippen LogP contribution in [-0.4, -0.2) is 42.1 Å². The first-order valence-electron chi connectivity index (χ1n) is 5.90. The summed E-state index contributed by atoms with van der Waals surface area (Å²) in [6, 6.07) is 7.90. The van der Waals surface area contributed by atoms with Crippen molar-refractivity contribution in [1.29, 1.82) is 0 Å². The lowest BCUT2D eigenvalue weighted by Crippen LogP contribution is -2.08. The molecule has 0 atom stereocenters. The first-order valence-corrected chi connectivity index (χ1v) is 6.88. The summed E-state index contributed by atoms with van der Waals surface area (Å²) in [5.74, 6) is 0.00244. The number of imidazole rings is 1. The van der Waals surface area contributed by atoms with Gasteiger partial charge in [-0.2, -0.15) is 0 Å². The number of nitrogens with zero attached hydrogens (tertiary/aromatic N) is 2. The third-order valence-electron chi connectivity index (χ3n) is 2.69. The Kier molecular flexibility index (Phi) is 4.81. The van der Waals surface area contributed by atoms with Gasteiger partial charge >= 0.3 is 5.97 Å². The second-order valence-electron chi connectivity index (χ2n) is 3.89. The number of hydrogen-bond acceptors (Lipinski definition) is 5. The Bertz CT molecular complexity index is 568. The van der Waals surface area contributed by atoms with Gasteiger partial charge in [0.05, 0.1) is 30.5 Å². The van der Waals surface area contributed by atoms with E-state index in [-0.39, 0.29) is 11.7 Å². The first kappa shape index (κ1) is 13.9. The zero-order valence-electron chi connectivity index (χ0n) is 11.0. The topological polar surface area (TPSA) is 53.4 Å². The van der Waals surface area contributed by atoms with E-state index in [1.165, 1.54) is 18.9 Å². The number of fused-ring (bicyclic) bond motifs is 1.